The monoisotopic (exact) mass is 536 g/mol. The fourth-order valence-electron chi connectivity index (χ4n) is 2.52. The summed E-state index contributed by atoms with van der Waals surface area (Å²) < 4.78 is 55.8. The minimum absolute atomic E-state index is 0.0249. The number of anilines is 1. The first kappa shape index (κ1) is 23.6. The molecule has 0 fully saturated rings. The van der Waals surface area contributed by atoms with Gasteiger partial charge in [-0.15, -0.1) is 0 Å². The average Bonchev–Trinajstić information content (AvgIpc) is 2.69. The number of halogens is 1. The molecule has 33 heavy (non-hydrogen) atoms. The van der Waals surface area contributed by atoms with Gasteiger partial charge in [-0.25, -0.2) is 9.13 Å². The van der Waals surface area contributed by atoms with Crippen molar-refractivity contribution in [2.24, 2.45) is 0 Å². The van der Waals surface area contributed by atoms with E-state index in [4.69, 9.17) is 62.1 Å². The van der Waals surface area contributed by atoms with Gasteiger partial charge in [0.05, 0.1) is 12.1 Å². The van der Waals surface area contributed by atoms with Gasteiger partial charge in [0.1, 0.15) is 0 Å². The number of nitrogens with one attached hydrogen (secondary N) is 1. The topological polar surface area (TPSA) is 204 Å². The molecule has 2 rings (SSSR count). The lowest BCUT2D eigenvalue weighted by Gasteiger charge is -2.21. The Labute approximate surface area is 204 Å². The van der Waals surface area contributed by atoms with Crippen LogP contribution in [0.3, 0.4) is 0 Å². The van der Waals surface area contributed by atoms with Gasteiger partial charge in [-0.3, -0.25) is 4.98 Å². The number of hydrogen-bond acceptors (Lipinski definition) is 6. The molecule has 0 bridgehead atoms. The summed E-state index contributed by atoms with van der Waals surface area (Å²) >= 11 is 6.02. The van der Waals surface area contributed by atoms with Crippen molar-refractivity contribution in [3.63, 3.8) is 0 Å². The Hall–Kier alpha value is -1.14. The van der Waals surface area contributed by atoms with E-state index in [1.54, 1.807) is 12.3 Å². The number of aliphatic hydroxyl groups is 1. The van der Waals surface area contributed by atoms with E-state index >= 15 is 0 Å². The molecule has 0 spiro atoms. The van der Waals surface area contributed by atoms with Crippen molar-refractivity contribution < 1.29 is 50.5 Å². The van der Waals surface area contributed by atoms with Crippen LogP contribution < -0.4 is 5.32 Å². The van der Waals surface area contributed by atoms with E-state index in [1.165, 1.54) is 4.90 Å². The maximum Gasteiger partial charge on any atom is 0.466 e. The molecule has 1 atom stereocenters. The normalized spacial score (nSPS) is 15.5. The van der Waals surface area contributed by atoms with Gasteiger partial charge in [0.15, 0.2) is 0 Å². The minimum atomic E-state index is -4.64. The first-order valence-electron chi connectivity index (χ1n) is 11.8. The van der Waals surface area contributed by atoms with E-state index in [0.717, 1.165) is 16.6 Å². The molecular formula is C18H32ClN3O9P2. The Morgan fingerprint density at radius 2 is 1.76 bits per heavy atom. The maximum absolute atomic E-state index is 9.17. The maximum atomic E-state index is 9.17. The van der Waals surface area contributed by atoms with Crippen LogP contribution in [0.15, 0.2) is 30.5 Å². The summed E-state index contributed by atoms with van der Waals surface area (Å²) in [6, 6.07) is 7.49. The van der Waals surface area contributed by atoms with Crippen molar-refractivity contribution >= 4 is 43.8 Å². The van der Waals surface area contributed by atoms with Crippen LogP contribution >= 0.6 is 27.2 Å². The SMILES string of the molecule is O=P(O)(O)O.O=P(O)(O)O.[2H]C([2H])([2H])C([2H])([2H])N(CCO)CCCC(C)Nc1ccnc2cc(Cl)ccc12. The molecule has 1 aromatic carbocycles. The van der Waals surface area contributed by atoms with Crippen molar-refractivity contribution in [2.75, 3.05) is 31.5 Å². The molecule has 190 valence electrons. The van der Waals surface area contributed by atoms with E-state index in [2.05, 4.69) is 10.3 Å². The Morgan fingerprint density at radius 1 is 1.15 bits per heavy atom. The summed E-state index contributed by atoms with van der Waals surface area (Å²) in [6.07, 6.45) is 3.00. The van der Waals surface area contributed by atoms with E-state index in [9.17, 15) is 0 Å². The zero-order valence-corrected chi connectivity index (χ0v) is 20.2. The summed E-state index contributed by atoms with van der Waals surface area (Å²) in [7, 11) is -9.28. The lowest BCUT2D eigenvalue weighted by molar-refractivity contribution is 0.199. The van der Waals surface area contributed by atoms with Crippen molar-refractivity contribution in [3.8, 4) is 0 Å². The summed E-state index contributed by atoms with van der Waals surface area (Å²) in [5.74, 6) is 0. The van der Waals surface area contributed by atoms with Crippen LogP contribution in [-0.2, 0) is 9.13 Å². The van der Waals surface area contributed by atoms with E-state index in [1.807, 2.05) is 25.1 Å². The van der Waals surface area contributed by atoms with Gasteiger partial charge in [0.25, 0.3) is 0 Å². The van der Waals surface area contributed by atoms with Crippen LogP contribution in [0.4, 0.5) is 5.69 Å². The highest BCUT2D eigenvalue weighted by atomic mass is 35.5. The number of aliphatic hydroxyl groups excluding tert-OH is 1. The highest BCUT2D eigenvalue weighted by Gasteiger charge is 2.08. The molecule has 1 heterocycles. The third-order valence-corrected chi connectivity index (χ3v) is 3.93. The van der Waals surface area contributed by atoms with Crippen molar-refractivity contribution in [1.29, 1.82) is 0 Å². The Bertz CT molecular complexity index is 1070. The first-order valence-corrected chi connectivity index (χ1v) is 12.8. The molecule has 1 aromatic heterocycles. The van der Waals surface area contributed by atoms with Crippen LogP contribution in [0, 0.1) is 0 Å². The second kappa shape index (κ2) is 15.7. The average molecular weight is 537 g/mol. The Kier molecular flexibility index (Phi) is 11.2. The van der Waals surface area contributed by atoms with Crippen LogP contribution in [0.1, 0.15) is 33.5 Å². The zero-order chi connectivity index (χ0) is 29.9. The summed E-state index contributed by atoms with van der Waals surface area (Å²) in [4.78, 5) is 48.6. The zero-order valence-electron chi connectivity index (χ0n) is 22.6. The van der Waals surface area contributed by atoms with Gasteiger partial charge in [0.2, 0.25) is 0 Å². The first-order chi connectivity index (χ1) is 17.1. The standard InChI is InChI=1S/C18H26ClN3O.2H3O4P/c1-3-22(11-12-23)10-4-5-14(2)21-17-8-9-20-18-13-15(19)6-7-16(17)18;2*1-5(2,3)4/h6-9,13-14,23H,3-5,10-12H2,1-2H3,(H,20,21);2*(H3,1,2,3,4)/i1D3,3D2;;. The fourth-order valence-corrected chi connectivity index (χ4v) is 2.68. The lowest BCUT2D eigenvalue weighted by Crippen LogP contribution is -2.28. The lowest BCUT2D eigenvalue weighted by atomic mass is 10.1. The van der Waals surface area contributed by atoms with Crippen LogP contribution in [-0.4, -0.2) is 76.6 Å². The van der Waals surface area contributed by atoms with Crippen LogP contribution in [0.25, 0.3) is 10.9 Å². The molecule has 0 aliphatic heterocycles. The highest BCUT2D eigenvalue weighted by Crippen LogP contribution is 2.26. The number of hydrogen-bond donors (Lipinski definition) is 8. The molecule has 0 saturated carbocycles. The van der Waals surface area contributed by atoms with E-state index in [0.29, 0.717) is 17.9 Å². The Balaban J connectivity index is 0.00000116. The number of pyridine rings is 1. The Morgan fingerprint density at radius 3 is 2.30 bits per heavy atom. The van der Waals surface area contributed by atoms with Gasteiger partial charge in [-0.1, -0.05) is 18.5 Å². The smallest absolute Gasteiger partial charge is 0.395 e. The number of fused-ring (bicyclic) bond motifs is 1. The van der Waals surface area contributed by atoms with Gasteiger partial charge < -0.3 is 44.7 Å². The fraction of sp³-hybridized carbons (Fsp3) is 0.500. The molecule has 1 unspecified atom stereocenters. The molecule has 0 saturated heterocycles. The summed E-state index contributed by atoms with van der Waals surface area (Å²) in [5.41, 5.74) is 1.73. The third-order valence-electron chi connectivity index (χ3n) is 3.70. The predicted octanol–water partition coefficient (Wildman–Crippen LogP) is 1.93. The van der Waals surface area contributed by atoms with Crippen LogP contribution in [0.5, 0.6) is 0 Å². The summed E-state index contributed by atoms with van der Waals surface area (Å²) in [5, 5.41) is 14.2. The van der Waals surface area contributed by atoms with E-state index < -0.39 is 29.0 Å². The number of benzene rings is 1. The molecular weight excluding hydrogens is 500 g/mol. The number of likely N-dealkylation sites (N-methyl/N-ethyl adjacent to an activating group) is 1. The predicted molar refractivity (Wildman–Crippen MR) is 127 cm³/mol. The van der Waals surface area contributed by atoms with Crippen LogP contribution in [0.2, 0.25) is 5.02 Å². The molecule has 8 N–H and O–H groups in total. The molecule has 0 radical (unpaired) electrons. The molecule has 2 aromatic rings. The second-order valence-electron chi connectivity index (χ2n) is 6.56. The van der Waals surface area contributed by atoms with E-state index in [-0.39, 0.29) is 25.7 Å². The van der Waals surface area contributed by atoms with Gasteiger partial charge in [-0.2, -0.15) is 0 Å². The van der Waals surface area contributed by atoms with Crippen molar-refractivity contribution in [1.82, 2.24) is 9.88 Å². The number of rotatable bonds is 9. The molecule has 0 aliphatic rings. The second-order valence-corrected chi connectivity index (χ2v) is 9.05. The largest absolute Gasteiger partial charge is 0.466 e. The van der Waals surface area contributed by atoms with Crippen molar-refractivity contribution in [2.45, 2.75) is 32.7 Å². The number of aromatic nitrogens is 1. The highest BCUT2D eigenvalue weighted by molar-refractivity contribution is 7.45. The van der Waals surface area contributed by atoms with Crippen molar-refractivity contribution in [3.05, 3.63) is 35.5 Å². The number of nitrogens with zero attached hydrogens (tertiary/aromatic N) is 2. The molecule has 12 nitrogen and oxygen atoms in total. The molecule has 0 aliphatic carbocycles. The van der Waals surface area contributed by atoms with Gasteiger partial charge in [0, 0.05) is 41.7 Å². The quantitative estimate of drug-likeness (QED) is 0.216. The minimum Gasteiger partial charge on any atom is -0.395 e. The summed E-state index contributed by atoms with van der Waals surface area (Å²) in [6.45, 7) is -3.32. The molecule has 0 amide bonds. The van der Waals surface area contributed by atoms with Gasteiger partial charge in [-0.05, 0) is 57.1 Å². The number of phosphoric acid groups is 2. The molecule has 15 heteroatoms. The third kappa shape index (κ3) is 18.9. The van der Waals surface area contributed by atoms with Gasteiger partial charge >= 0.3 is 15.6 Å².